The van der Waals surface area contributed by atoms with Gasteiger partial charge in [0.2, 0.25) is 10.0 Å². The van der Waals surface area contributed by atoms with Gasteiger partial charge in [-0.05, 0) is 30.3 Å². The van der Waals surface area contributed by atoms with E-state index in [1.165, 1.54) is 22.8 Å². The lowest BCUT2D eigenvalue weighted by Crippen LogP contribution is -2.31. The fourth-order valence-corrected chi connectivity index (χ4v) is 5.22. The first kappa shape index (κ1) is 21.2. The second-order valence-corrected chi connectivity index (χ2v) is 8.98. The first-order chi connectivity index (χ1) is 13.8. The highest BCUT2D eigenvalue weighted by molar-refractivity contribution is 7.89. The van der Waals surface area contributed by atoms with Crippen LogP contribution in [0.4, 0.5) is 9.52 Å². The van der Waals surface area contributed by atoms with Crippen LogP contribution in [-0.2, 0) is 10.0 Å². The van der Waals surface area contributed by atoms with E-state index in [2.05, 4.69) is 10.3 Å². The van der Waals surface area contributed by atoms with E-state index in [1.54, 1.807) is 26.0 Å². The van der Waals surface area contributed by atoms with Gasteiger partial charge in [-0.15, -0.1) is 0 Å². The van der Waals surface area contributed by atoms with Crippen molar-refractivity contribution in [2.24, 2.45) is 0 Å². The Hall–Kier alpha value is -2.56. The molecule has 3 aromatic rings. The smallest absolute Gasteiger partial charge is 0.260 e. The number of sulfonamides is 1. The molecule has 0 aliphatic rings. The van der Waals surface area contributed by atoms with Crippen molar-refractivity contribution in [3.05, 3.63) is 47.8 Å². The van der Waals surface area contributed by atoms with Gasteiger partial charge in [0.15, 0.2) is 5.13 Å². The van der Waals surface area contributed by atoms with Gasteiger partial charge in [-0.2, -0.15) is 4.31 Å². The Balaban J connectivity index is 1.94. The average molecular weight is 438 g/mol. The zero-order valence-corrected chi connectivity index (χ0v) is 17.7. The summed E-state index contributed by atoms with van der Waals surface area (Å²) >= 11 is 1.21. The van der Waals surface area contributed by atoms with Crippen molar-refractivity contribution in [2.75, 3.05) is 25.5 Å². The molecule has 0 saturated heterocycles. The number of anilines is 1. The summed E-state index contributed by atoms with van der Waals surface area (Å²) in [6.45, 7) is 3.95. The van der Waals surface area contributed by atoms with Crippen LogP contribution in [0.5, 0.6) is 5.75 Å². The summed E-state index contributed by atoms with van der Waals surface area (Å²) in [6, 6.07) is 8.55. The van der Waals surface area contributed by atoms with Gasteiger partial charge in [0, 0.05) is 13.1 Å². The van der Waals surface area contributed by atoms with Crippen LogP contribution in [0.15, 0.2) is 41.3 Å². The molecule has 0 bridgehead atoms. The normalized spacial score (nSPS) is 11.8. The number of rotatable bonds is 7. The maximum absolute atomic E-state index is 14.3. The zero-order valence-electron chi connectivity index (χ0n) is 16.1. The van der Waals surface area contributed by atoms with E-state index >= 15 is 0 Å². The van der Waals surface area contributed by atoms with E-state index in [-0.39, 0.29) is 28.7 Å². The number of halogens is 1. The first-order valence-corrected chi connectivity index (χ1v) is 11.1. The largest absolute Gasteiger partial charge is 0.494 e. The van der Waals surface area contributed by atoms with Gasteiger partial charge in [-0.3, -0.25) is 10.1 Å². The molecule has 0 radical (unpaired) electrons. The standard InChI is InChI=1S/C19H20FN3O4S2/c1-4-23(5-2)29(25,26)12-9-10-14(20)13(11-12)18(24)22-19-21-17-15(27-3)7-6-8-16(17)28-19/h6-11H,4-5H2,1-3H3,(H,21,22,24). The molecule has 0 unspecified atom stereocenters. The number of benzene rings is 2. The van der Waals surface area contributed by atoms with Crippen LogP contribution in [0.3, 0.4) is 0 Å². The lowest BCUT2D eigenvalue weighted by Gasteiger charge is -2.18. The summed E-state index contributed by atoms with van der Waals surface area (Å²) in [4.78, 5) is 16.8. The zero-order chi connectivity index (χ0) is 21.2. The van der Waals surface area contributed by atoms with Crippen LogP contribution >= 0.6 is 11.3 Å². The minimum atomic E-state index is -3.82. The molecular formula is C19H20FN3O4S2. The number of hydrogen-bond acceptors (Lipinski definition) is 6. The van der Waals surface area contributed by atoms with Crippen molar-refractivity contribution in [3.8, 4) is 5.75 Å². The van der Waals surface area contributed by atoms with Gasteiger partial charge in [0.25, 0.3) is 5.91 Å². The monoisotopic (exact) mass is 437 g/mol. The van der Waals surface area contributed by atoms with Crippen LogP contribution in [-0.4, -0.2) is 43.8 Å². The lowest BCUT2D eigenvalue weighted by molar-refractivity contribution is 0.102. The SMILES string of the molecule is CCN(CC)S(=O)(=O)c1ccc(F)c(C(=O)Nc2nc3c(OC)cccc3s2)c1. The highest BCUT2D eigenvalue weighted by atomic mass is 32.2. The molecule has 2 aromatic carbocycles. The molecule has 29 heavy (non-hydrogen) atoms. The molecule has 1 aromatic heterocycles. The molecular weight excluding hydrogens is 417 g/mol. The minimum absolute atomic E-state index is 0.140. The Bertz CT molecular complexity index is 1160. The number of fused-ring (bicyclic) bond motifs is 1. The van der Waals surface area contributed by atoms with Crippen molar-refractivity contribution >= 4 is 42.6 Å². The number of nitrogens with one attached hydrogen (secondary N) is 1. The van der Waals surface area contributed by atoms with Crippen LogP contribution in [0, 0.1) is 5.82 Å². The summed E-state index contributed by atoms with van der Waals surface area (Å²) in [5, 5.41) is 2.80. The second-order valence-electron chi connectivity index (χ2n) is 6.01. The maximum atomic E-state index is 14.3. The van der Waals surface area contributed by atoms with E-state index in [0.29, 0.717) is 11.3 Å². The second kappa shape index (κ2) is 8.44. The number of ether oxygens (including phenoxy) is 1. The lowest BCUT2D eigenvalue weighted by atomic mass is 10.2. The Labute approximate surface area is 172 Å². The third-order valence-corrected chi connectivity index (χ3v) is 7.33. The molecule has 0 spiro atoms. The Morgan fingerprint density at radius 3 is 2.62 bits per heavy atom. The number of para-hydroxylation sites is 1. The van der Waals surface area contributed by atoms with E-state index in [4.69, 9.17) is 4.74 Å². The molecule has 0 atom stereocenters. The van der Waals surface area contributed by atoms with Gasteiger partial charge >= 0.3 is 0 Å². The van der Waals surface area contributed by atoms with E-state index in [9.17, 15) is 17.6 Å². The maximum Gasteiger partial charge on any atom is 0.260 e. The molecule has 0 saturated carbocycles. The number of aromatic nitrogens is 1. The van der Waals surface area contributed by atoms with Crippen molar-refractivity contribution in [1.82, 2.24) is 9.29 Å². The molecule has 1 N–H and O–H groups in total. The summed E-state index contributed by atoms with van der Waals surface area (Å²) in [7, 11) is -2.30. The van der Waals surface area contributed by atoms with Crippen LogP contribution < -0.4 is 10.1 Å². The summed E-state index contributed by atoms with van der Waals surface area (Å²) in [5.74, 6) is -1.05. The van der Waals surface area contributed by atoms with E-state index in [1.807, 2.05) is 6.07 Å². The van der Waals surface area contributed by atoms with E-state index < -0.39 is 21.7 Å². The molecule has 1 heterocycles. The molecule has 10 heteroatoms. The topological polar surface area (TPSA) is 88.6 Å². The average Bonchev–Trinajstić information content (AvgIpc) is 3.11. The Morgan fingerprint density at radius 1 is 1.24 bits per heavy atom. The highest BCUT2D eigenvalue weighted by Crippen LogP contribution is 2.32. The Morgan fingerprint density at radius 2 is 1.97 bits per heavy atom. The predicted molar refractivity (Wildman–Crippen MR) is 111 cm³/mol. The highest BCUT2D eigenvalue weighted by Gasteiger charge is 2.24. The fourth-order valence-electron chi connectivity index (χ4n) is 2.86. The molecule has 3 rings (SSSR count). The van der Waals surface area contributed by atoms with Crippen molar-refractivity contribution in [3.63, 3.8) is 0 Å². The van der Waals surface area contributed by atoms with Crippen molar-refractivity contribution in [1.29, 1.82) is 0 Å². The summed E-state index contributed by atoms with van der Waals surface area (Å²) in [5.41, 5.74) is 0.207. The molecule has 154 valence electrons. The van der Waals surface area contributed by atoms with Gasteiger partial charge in [-0.1, -0.05) is 31.3 Å². The number of carbonyl (C=O) groups is 1. The summed E-state index contributed by atoms with van der Waals surface area (Å²) < 4.78 is 46.9. The number of carbonyl (C=O) groups excluding carboxylic acids is 1. The third kappa shape index (κ3) is 4.09. The molecule has 0 aliphatic carbocycles. The number of hydrogen-bond donors (Lipinski definition) is 1. The van der Waals surface area contributed by atoms with Gasteiger partial charge < -0.3 is 4.74 Å². The van der Waals surface area contributed by atoms with E-state index in [0.717, 1.165) is 22.9 Å². The molecule has 7 nitrogen and oxygen atoms in total. The van der Waals surface area contributed by atoms with Crippen LogP contribution in [0.2, 0.25) is 0 Å². The van der Waals surface area contributed by atoms with Crippen LogP contribution in [0.25, 0.3) is 10.2 Å². The molecule has 0 fully saturated rings. The van der Waals surface area contributed by atoms with Crippen LogP contribution in [0.1, 0.15) is 24.2 Å². The van der Waals surface area contributed by atoms with Gasteiger partial charge in [0.1, 0.15) is 17.1 Å². The van der Waals surface area contributed by atoms with Crippen molar-refractivity contribution < 1.29 is 22.3 Å². The number of methoxy groups -OCH3 is 1. The molecule has 1 amide bonds. The summed E-state index contributed by atoms with van der Waals surface area (Å²) in [6.07, 6.45) is 0. The van der Waals surface area contributed by atoms with Crippen molar-refractivity contribution in [2.45, 2.75) is 18.7 Å². The van der Waals surface area contributed by atoms with Gasteiger partial charge in [0.05, 0.1) is 22.3 Å². The minimum Gasteiger partial charge on any atom is -0.494 e. The number of thiazole rings is 1. The van der Waals surface area contributed by atoms with Gasteiger partial charge in [-0.25, -0.2) is 17.8 Å². The fraction of sp³-hybridized carbons (Fsp3) is 0.263. The predicted octanol–water partition coefficient (Wildman–Crippen LogP) is 3.73. The third-order valence-electron chi connectivity index (χ3n) is 4.35. The first-order valence-electron chi connectivity index (χ1n) is 8.86. The number of nitrogens with zero attached hydrogens (tertiary/aromatic N) is 2. The molecule has 0 aliphatic heterocycles. The Kier molecular flexibility index (Phi) is 6.15. The number of amides is 1. The quantitative estimate of drug-likeness (QED) is 0.609.